The monoisotopic (exact) mass is 800 g/mol. The number of nitrogens with zero attached hydrogens (tertiary/aromatic N) is 1. The molecular formula is C41H73N3O12. The Bertz CT molecular complexity index is 1280. The third-order valence-electron chi connectivity index (χ3n) is 11.7. The maximum Gasteiger partial charge on any atom is 0.308 e. The van der Waals surface area contributed by atoms with Crippen LogP contribution in [0.15, 0.2) is 23.8 Å². The van der Waals surface area contributed by atoms with E-state index in [1.807, 2.05) is 26.8 Å². The van der Waals surface area contributed by atoms with Crippen LogP contribution >= 0.6 is 0 Å². The Labute approximate surface area is 333 Å². The molecule has 0 aromatic rings. The first-order valence-corrected chi connectivity index (χ1v) is 20.5. The molecule has 0 spiro atoms. The topological polar surface area (TPSA) is 223 Å². The molecule has 0 aromatic heterocycles. The highest BCUT2D eigenvalue weighted by Crippen LogP contribution is 2.37. The van der Waals surface area contributed by atoms with Gasteiger partial charge < -0.3 is 65.2 Å². The second-order valence-electron chi connectivity index (χ2n) is 16.8. The summed E-state index contributed by atoms with van der Waals surface area (Å²) in [5, 5.41) is 58.5. The molecule has 15 heteroatoms. The molecule has 1 unspecified atom stereocenters. The molecule has 0 bridgehead atoms. The van der Waals surface area contributed by atoms with Crippen LogP contribution in [0.2, 0.25) is 0 Å². The van der Waals surface area contributed by atoms with E-state index in [1.165, 1.54) is 6.92 Å². The molecule has 56 heavy (non-hydrogen) atoms. The lowest BCUT2D eigenvalue weighted by molar-refractivity contribution is -0.342. The van der Waals surface area contributed by atoms with Gasteiger partial charge in [-0.2, -0.15) is 0 Å². The van der Waals surface area contributed by atoms with Gasteiger partial charge in [0.15, 0.2) is 18.4 Å². The normalized spacial score (nSPS) is 42.6. The van der Waals surface area contributed by atoms with Crippen molar-refractivity contribution in [2.24, 2.45) is 29.4 Å². The molecular weight excluding hydrogens is 726 g/mol. The molecule has 0 amide bonds. The summed E-state index contributed by atoms with van der Waals surface area (Å²) in [4.78, 5) is 28.8. The number of hydrogen-bond donors (Lipinski definition) is 7. The SMILES string of the molecule is CC[C@H]1OC(=O)C[C@@H](O)[C@H](C)[C@@H](O[C@@H]2O[C@H](C)[C@@H](O[C@H]3C[C@@](C)(O)[C@@H](O)[C@H](C)O3)[C@H](N(C)C)[C@H]2O)C(CCO)C[C@@H](C)C(=O)/C=C/C(C)=C/[C@@H]1CNCCCN. The van der Waals surface area contributed by atoms with E-state index in [0.29, 0.717) is 26.1 Å². The number of allylic oxidation sites excluding steroid dienone is 3. The second-order valence-corrected chi connectivity index (χ2v) is 16.8. The van der Waals surface area contributed by atoms with Crippen molar-refractivity contribution >= 4 is 11.8 Å². The van der Waals surface area contributed by atoms with Gasteiger partial charge >= 0.3 is 5.97 Å². The van der Waals surface area contributed by atoms with Crippen molar-refractivity contribution < 1.29 is 58.8 Å². The zero-order valence-corrected chi connectivity index (χ0v) is 35.1. The fraction of sp³-hybridized carbons (Fsp3) is 0.854. The predicted octanol–water partition coefficient (Wildman–Crippen LogP) is 1.41. The maximum atomic E-state index is 13.5. The predicted molar refractivity (Wildman–Crippen MR) is 210 cm³/mol. The minimum atomic E-state index is -1.46. The Hall–Kier alpha value is -1.86. The number of carbonyl (C=O) groups is 2. The zero-order valence-electron chi connectivity index (χ0n) is 35.1. The summed E-state index contributed by atoms with van der Waals surface area (Å²) in [5.41, 5.74) is 5.05. The lowest BCUT2D eigenvalue weighted by Gasteiger charge is -2.50. The van der Waals surface area contributed by atoms with Crippen molar-refractivity contribution in [3.8, 4) is 0 Å². The van der Waals surface area contributed by atoms with Crippen molar-refractivity contribution in [2.45, 2.75) is 160 Å². The first kappa shape index (κ1) is 48.5. The first-order chi connectivity index (χ1) is 26.3. The number of carbonyl (C=O) groups excluding carboxylic acids is 2. The minimum Gasteiger partial charge on any atom is -0.462 e. The molecule has 3 heterocycles. The lowest BCUT2D eigenvalue weighted by atomic mass is 9.79. The molecule has 15 nitrogen and oxygen atoms in total. The van der Waals surface area contributed by atoms with E-state index in [0.717, 1.165) is 12.0 Å². The number of ketones is 1. The number of ether oxygens (including phenoxy) is 5. The van der Waals surface area contributed by atoms with E-state index in [-0.39, 0.29) is 44.0 Å². The van der Waals surface area contributed by atoms with Crippen LogP contribution in [-0.2, 0) is 33.3 Å². The smallest absolute Gasteiger partial charge is 0.308 e. The summed E-state index contributed by atoms with van der Waals surface area (Å²) in [6, 6.07) is -0.692. The van der Waals surface area contributed by atoms with Crippen molar-refractivity contribution in [1.82, 2.24) is 10.2 Å². The summed E-state index contributed by atoms with van der Waals surface area (Å²) in [6.45, 7) is 13.9. The summed E-state index contributed by atoms with van der Waals surface area (Å²) < 4.78 is 31.3. The second kappa shape index (κ2) is 22.5. The number of nitrogens with two attached hydrogens (primary N) is 1. The molecule has 3 aliphatic rings. The van der Waals surface area contributed by atoms with Gasteiger partial charge in [0.25, 0.3) is 0 Å². The highest BCUT2D eigenvalue weighted by atomic mass is 16.7. The van der Waals surface area contributed by atoms with Crippen LogP contribution in [0.25, 0.3) is 0 Å². The number of esters is 1. The van der Waals surface area contributed by atoms with Gasteiger partial charge in [0, 0.05) is 37.3 Å². The molecule has 2 fully saturated rings. The number of aliphatic hydroxyl groups is 5. The fourth-order valence-electron chi connectivity index (χ4n) is 8.29. The van der Waals surface area contributed by atoms with Gasteiger partial charge in [-0.05, 0) is 92.6 Å². The largest absolute Gasteiger partial charge is 0.462 e. The molecule has 324 valence electrons. The van der Waals surface area contributed by atoms with Crippen molar-refractivity contribution in [1.29, 1.82) is 0 Å². The Balaban J connectivity index is 1.94. The van der Waals surface area contributed by atoms with E-state index in [1.54, 1.807) is 51.9 Å². The molecule has 2 saturated heterocycles. The Morgan fingerprint density at radius 1 is 1.04 bits per heavy atom. The Morgan fingerprint density at radius 3 is 2.34 bits per heavy atom. The summed E-state index contributed by atoms with van der Waals surface area (Å²) in [7, 11) is 3.56. The average Bonchev–Trinajstić information content (AvgIpc) is 3.12. The van der Waals surface area contributed by atoms with E-state index < -0.39 is 96.8 Å². The van der Waals surface area contributed by atoms with E-state index in [9.17, 15) is 35.1 Å². The fourth-order valence-corrected chi connectivity index (χ4v) is 8.29. The minimum absolute atomic E-state index is 0.00601. The molecule has 3 aliphatic heterocycles. The summed E-state index contributed by atoms with van der Waals surface area (Å²) in [5.74, 6) is -2.60. The number of likely N-dealkylation sites (N-methyl/N-ethyl adjacent to an activating group) is 1. The van der Waals surface area contributed by atoms with Crippen LogP contribution in [0, 0.1) is 23.7 Å². The third kappa shape index (κ3) is 13.3. The summed E-state index contributed by atoms with van der Waals surface area (Å²) >= 11 is 0. The molecule has 3 rings (SSSR count). The van der Waals surface area contributed by atoms with E-state index in [4.69, 9.17) is 29.4 Å². The van der Waals surface area contributed by atoms with Gasteiger partial charge in [-0.1, -0.05) is 38.5 Å². The van der Waals surface area contributed by atoms with Crippen LogP contribution in [0.5, 0.6) is 0 Å². The van der Waals surface area contributed by atoms with E-state index in [2.05, 4.69) is 5.32 Å². The van der Waals surface area contributed by atoms with Gasteiger partial charge in [0.2, 0.25) is 0 Å². The third-order valence-corrected chi connectivity index (χ3v) is 11.7. The van der Waals surface area contributed by atoms with Gasteiger partial charge in [0.05, 0.1) is 42.5 Å². The number of cyclic esters (lactones) is 1. The number of hydrogen-bond acceptors (Lipinski definition) is 15. The van der Waals surface area contributed by atoms with Crippen molar-refractivity contribution in [3.63, 3.8) is 0 Å². The number of rotatable bonds is 13. The Kier molecular flexibility index (Phi) is 19.5. The van der Waals surface area contributed by atoms with Crippen LogP contribution in [0.4, 0.5) is 0 Å². The molecule has 0 aliphatic carbocycles. The van der Waals surface area contributed by atoms with Crippen LogP contribution in [0.1, 0.15) is 87.0 Å². The average molecular weight is 800 g/mol. The van der Waals surface area contributed by atoms with Gasteiger partial charge in [-0.25, -0.2) is 0 Å². The van der Waals surface area contributed by atoms with Crippen molar-refractivity contribution in [2.75, 3.05) is 40.3 Å². The highest BCUT2D eigenvalue weighted by molar-refractivity contribution is 5.91. The maximum absolute atomic E-state index is 13.5. The summed E-state index contributed by atoms with van der Waals surface area (Å²) in [6.07, 6.45) is -2.49. The molecule has 0 radical (unpaired) electrons. The molecule has 0 saturated carbocycles. The van der Waals surface area contributed by atoms with Gasteiger partial charge in [0.1, 0.15) is 24.4 Å². The standard InChI is InChI=1S/C41H73N3O12/c1-10-32-29(22-43-16-11-15-42)18-23(2)12-13-30(46)24(3)19-28(14-17-45)37(25(4)31(47)20-33(48)54-32)56-40-36(49)35(44(8)9)38(26(5)53-40)55-34-21-41(7,51)39(50)27(6)52-34/h12-13,18,24-29,31-32,34-40,43,45,47,49-51H,10-11,14-17,19-22,42H2,1-9H3/b13-12+,23-18+/t24-,25+,26-,27+,28?,29-,31-,32-,34+,35-,36-,37-,38-,39+,40+,41-/m1/s1. The van der Waals surface area contributed by atoms with Crippen LogP contribution in [0.3, 0.4) is 0 Å². The van der Waals surface area contributed by atoms with Gasteiger partial charge in [-0.3, -0.25) is 9.59 Å². The first-order valence-electron chi connectivity index (χ1n) is 20.5. The van der Waals surface area contributed by atoms with Crippen LogP contribution < -0.4 is 11.1 Å². The number of nitrogens with one attached hydrogen (secondary N) is 1. The lowest BCUT2D eigenvalue weighted by Crippen LogP contribution is -2.65. The van der Waals surface area contributed by atoms with E-state index >= 15 is 0 Å². The Morgan fingerprint density at radius 2 is 1.73 bits per heavy atom. The highest BCUT2D eigenvalue weighted by Gasteiger charge is 2.51. The quantitative estimate of drug-likeness (QED) is 0.103. The molecule has 0 aromatic carbocycles. The van der Waals surface area contributed by atoms with Crippen LogP contribution in [-0.4, -0.2) is 156 Å². The zero-order chi connectivity index (χ0) is 41.9. The van der Waals surface area contributed by atoms with Crippen molar-refractivity contribution in [3.05, 3.63) is 23.8 Å². The molecule has 16 atom stereocenters. The number of aliphatic hydroxyl groups excluding tert-OH is 4. The molecule has 8 N–H and O–H groups in total. The van der Waals surface area contributed by atoms with Gasteiger partial charge in [-0.15, -0.1) is 0 Å².